The van der Waals surface area contributed by atoms with Gasteiger partial charge >= 0.3 is 0 Å². The van der Waals surface area contributed by atoms with E-state index in [0.717, 1.165) is 30.8 Å². The number of hydrogen-bond acceptors (Lipinski definition) is 5. The van der Waals surface area contributed by atoms with Gasteiger partial charge in [-0.3, -0.25) is 14.0 Å². The van der Waals surface area contributed by atoms with Gasteiger partial charge in [0.2, 0.25) is 0 Å². The summed E-state index contributed by atoms with van der Waals surface area (Å²) in [5, 5.41) is 2.94. The highest BCUT2D eigenvalue weighted by Gasteiger charge is 2.22. The molecule has 0 spiro atoms. The van der Waals surface area contributed by atoms with Gasteiger partial charge in [0.05, 0.1) is 17.7 Å². The lowest BCUT2D eigenvalue weighted by Crippen LogP contribution is -2.28. The highest BCUT2D eigenvalue weighted by atomic mass is 32.2. The second kappa shape index (κ2) is 11.9. The number of sulfonamides is 1. The van der Waals surface area contributed by atoms with Crippen molar-refractivity contribution in [1.29, 1.82) is 0 Å². The van der Waals surface area contributed by atoms with Crippen LogP contribution in [0, 0.1) is 0 Å². The zero-order valence-corrected chi connectivity index (χ0v) is 21.5. The van der Waals surface area contributed by atoms with Crippen molar-refractivity contribution in [3.8, 4) is 5.75 Å². The first kappa shape index (κ1) is 26.2. The molecule has 0 unspecified atom stereocenters. The summed E-state index contributed by atoms with van der Waals surface area (Å²) in [7, 11) is -0.820. The molecule has 0 saturated carbocycles. The lowest BCUT2D eigenvalue weighted by Gasteiger charge is -2.21. The van der Waals surface area contributed by atoms with Gasteiger partial charge in [-0.2, -0.15) is 0 Å². The van der Waals surface area contributed by atoms with E-state index in [-0.39, 0.29) is 16.4 Å². The Labute approximate surface area is 208 Å². The summed E-state index contributed by atoms with van der Waals surface area (Å²) in [5.41, 5.74) is 2.98. The maximum atomic E-state index is 13.2. The lowest BCUT2D eigenvalue weighted by molar-refractivity contribution is 0.0950. The second-order valence-corrected chi connectivity index (χ2v) is 10.1. The summed E-state index contributed by atoms with van der Waals surface area (Å²) >= 11 is 0. The van der Waals surface area contributed by atoms with Gasteiger partial charge in [-0.1, -0.05) is 44.2 Å². The Balaban J connectivity index is 1.75. The number of hydrogen-bond donors (Lipinski definition) is 1. The Bertz CT molecular complexity index is 1240. The average Bonchev–Trinajstić information content (AvgIpc) is 2.90. The van der Waals surface area contributed by atoms with Crippen LogP contribution in [0.3, 0.4) is 0 Å². The monoisotopic (exact) mass is 495 g/mol. The number of anilines is 1. The van der Waals surface area contributed by atoms with Gasteiger partial charge in [0.1, 0.15) is 5.75 Å². The van der Waals surface area contributed by atoms with Crippen molar-refractivity contribution in [2.45, 2.75) is 31.8 Å². The zero-order chi connectivity index (χ0) is 25.4. The molecule has 0 fully saturated rings. The molecular weight excluding hydrogens is 462 g/mol. The number of nitrogens with one attached hydrogen (secondary N) is 1. The first-order valence-electron chi connectivity index (χ1n) is 11.6. The molecule has 3 aromatic carbocycles. The first-order chi connectivity index (χ1) is 16.8. The van der Waals surface area contributed by atoms with Crippen LogP contribution in [-0.2, 0) is 23.1 Å². The quantitative estimate of drug-likeness (QED) is 0.429. The number of ether oxygens (including phenoxy) is 1. The van der Waals surface area contributed by atoms with Crippen molar-refractivity contribution in [3.63, 3.8) is 0 Å². The Morgan fingerprint density at radius 1 is 0.914 bits per heavy atom. The molecule has 0 aliphatic carbocycles. The molecule has 0 heterocycles. The van der Waals surface area contributed by atoms with Gasteiger partial charge < -0.3 is 10.1 Å². The Morgan fingerprint density at radius 3 is 2.20 bits per heavy atom. The van der Waals surface area contributed by atoms with Crippen LogP contribution in [0.1, 0.15) is 35.3 Å². The SMILES string of the molecule is CCN(CC)Cc1ccccc1CNC(=O)c1cccc(S(=O)(=O)N(C)c2ccc(OC)cc2)c1. The van der Waals surface area contributed by atoms with E-state index in [0.29, 0.717) is 18.0 Å². The molecule has 0 aliphatic rings. The summed E-state index contributed by atoms with van der Waals surface area (Å²) in [5.74, 6) is 0.309. The Kier molecular flexibility index (Phi) is 8.89. The van der Waals surface area contributed by atoms with E-state index in [1.165, 1.54) is 23.5 Å². The predicted octanol–water partition coefficient (Wildman–Crippen LogP) is 4.29. The fraction of sp³-hybridized carbons (Fsp3) is 0.296. The fourth-order valence-corrected chi connectivity index (χ4v) is 4.98. The molecule has 0 bridgehead atoms. The smallest absolute Gasteiger partial charge is 0.264 e. The van der Waals surface area contributed by atoms with Gasteiger partial charge in [0, 0.05) is 25.7 Å². The topological polar surface area (TPSA) is 79.0 Å². The minimum atomic E-state index is -3.85. The summed E-state index contributed by atoms with van der Waals surface area (Å²) < 4.78 is 32.7. The van der Waals surface area contributed by atoms with Gasteiger partial charge in [0.25, 0.3) is 15.9 Å². The molecule has 0 radical (unpaired) electrons. The number of rotatable bonds is 11. The van der Waals surface area contributed by atoms with Gasteiger partial charge in [-0.25, -0.2) is 8.42 Å². The van der Waals surface area contributed by atoms with E-state index in [1.807, 2.05) is 18.2 Å². The third-order valence-electron chi connectivity index (χ3n) is 6.04. The molecule has 35 heavy (non-hydrogen) atoms. The van der Waals surface area contributed by atoms with Crippen molar-refractivity contribution in [1.82, 2.24) is 10.2 Å². The molecule has 0 atom stereocenters. The third-order valence-corrected chi connectivity index (χ3v) is 7.82. The Hall–Kier alpha value is -3.36. The number of carbonyl (C=O) groups is 1. The average molecular weight is 496 g/mol. The van der Waals surface area contributed by atoms with Crippen molar-refractivity contribution in [3.05, 3.63) is 89.5 Å². The highest BCUT2D eigenvalue weighted by molar-refractivity contribution is 7.92. The molecule has 3 rings (SSSR count). The van der Waals surface area contributed by atoms with Crippen molar-refractivity contribution >= 4 is 21.6 Å². The van der Waals surface area contributed by atoms with Crippen LogP contribution >= 0.6 is 0 Å². The van der Waals surface area contributed by atoms with Gasteiger partial charge in [0.15, 0.2) is 0 Å². The number of benzene rings is 3. The summed E-state index contributed by atoms with van der Waals surface area (Å²) in [6, 6.07) is 20.9. The molecule has 1 amide bonds. The molecular formula is C27H33N3O4S. The molecule has 186 valence electrons. The van der Waals surface area contributed by atoms with Crippen LogP contribution in [-0.4, -0.2) is 46.5 Å². The zero-order valence-electron chi connectivity index (χ0n) is 20.7. The van der Waals surface area contributed by atoms with Crippen molar-refractivity contribution in [2.24, 2.45) is 0 Å². The van der Waals surface area contributed by atoms with Crippen LogP contribution < -0.4 is 14.4 Å². The fourth-order valence-electron chi connectivity index (χ4n) is 3.74. The predicted molar refractivity (Wildman–Crippen MR) is 139 cm³/mol. The molecule has 8 heteroatoms. The minimum Gasteiger partial charge on any atom is -0.497 e. The van der Waals surface area contributed by atoms with Crippen LogP contribution in [0.2, 0.25) is 0 Å². The Morgan fingerprint density at radius 2 is 1.57 bits per heavy atom. The highest BCUT2D eigenvalue weighted by Crippen LogP contribution is 2.25. The van der Waals surface area contributed by atoms with Crippen molar-refractivity contribution in [2.75, 3.05) is 31.6 Å². The molecule has 7 nitrogen and oxygen atoms in total. The normalized spacial score (nSPS) is 11.3. The minimum absolute atomic E-state index is 0.0467. The third kappa shape index (κ3) is 6.41. The second-order valence-electron chi connectivity index (χ2n) is 8.11. The molecule has 0 saturated heterocycles. The van der Waals surface area contributed by atoms with Crippen LogP contribution in [0.15, 0.2) is 77.7 Å². The van der Waals surface area contributed by atoms with E-state index in [1.54, 1.807) is 43.5 Å². The standard InChI is InChI=1S/C27H33N3O4S/c1-5-30(6-2)20-23-11-8-7-10-22(23)19-28-27(31)21-12-9-13-26(18-21)35(32,33)29(3)24-14-16-25(34-4)17-15-24/h7-18H,5-6,19-20H2,1-4H3,(H,28,31). The van der Waals surface area contributed by atoms with Crippen LogP contribution in [0.25, 0.3) is 0 Å². The maximum Gasteiger partial charge on any atom is 0.264 e. The van der Waals surface area contributed by atoms with Crippen LogP contribution in [0.5, 0.6) is 5.75 Å². The summed E-state index contributed by atoms with van der Waals surface area (Å²) in [4.78, 5) is 15.3. The van der Waals surface area contributed by atoms with E-state index in [9.17, 15) is 13.2 Å². The van der Waals surface area contributed by atoms with E-state index >= 15 is 0 Å². The summed E-state index contributed by atoms with van der Waals surface area (Å²) in [6.07, 6.45) is 0. The number of carbonyl (C=O) groups excluding carboxylic acids is 1. The maximum absolute atomic E-state index is 13.2. The summed E-state index contributed by atoms with van der Waals surface area (Å²) in [6.45, 7) is 7.32. The van der Waals surface area contributed by atoms with Gasteiger partial charge in [-0.15, -0.1) is 0 Å². The van der Waals surface area contributed by atoms with Crippen LogP contribution in [0.4, 0.5) is 5.69 Å². The van der Waals surface area contributed by atoms with E-state index < -0.39 is 10.0 Å². The van der Waals surface area contributed by atoms with E-state index in [4.69, 9.17) is 4.74 Å². The molecule has 1 N–H and O–H groups in total. The number of amides is 1. The van der Waals surface area contributed by atoms with E-state index in [2.05, 4.69) is 30.1 Å². The molecule has 0 aromatic heterocycles. The number of methoxy groups -OCH3 is 1. The first-order valence-corrected chi connectivity index (χ1v) is 13.0. The van der Waals surface area contributed by atoms with Crippen molar-refractivity contribution < 1.29 is 17.9 Å². The molecule has 0 aliphatic heterocycles. The van der Waals surface area contributed by atoms with Gasteiger partial charge in [-0.05, 0) is 66.7 Å². The largest absolute Gasteiger partial charge is 0.497 e. The number of nitrogens with zero attached hydrogens (tertiary/aromatic N) is 2. The lowest BCUT2D eigenvalue weighted by atomic mass is 10.1. The molecule has 3 aromatic rings.